The lowest BCUT2D eigenvalue weighted by atomic mass is 10.1. The van der Waals surface area contributed by atoms with Crippen LogP contribution >= 0.6 is 11.8 Å². The zero-order chi connectivity index (χ0) is 13.7. The van der Waals surface area contributed by atoms with E-state index in [-0.39, 0.29) is 17.1 Å². The van der Waals surface area contributed by atoms with Gasteiger partial charge in [-0.3, -0.25) is 14.6 Å². The largest absolute Gasteiger partial charge is 0.390 e. The summed E-state index contributed by atoms with van der Waals surface area (Å²) < 4.78 is 0. The number of H-pyrrole nitrogens is 2. The molecule has 0 aromatic carbocycles. The average Bonchev–Trinajstić information content (AvgIpc) is 2.27. The van der Waals surface area contributed by atoms with Crippen LogP contribution in [0, 0.1) is 0 Å². The molecule has 18 heavy (non-hydrogen) atoms. The van der Waals surface area contributed by atoms with Gasteiger partial charge in [0.05, 0.1) is 11.7 Å². The summed E-state index contributed by atoms with van der Waals surface area (Å²) in [5, 5.41) is 19.3. The molecule has 4 N–H and O–H groups in total. The Hall–Kier alpha value is -1.38. The van der Waals surface area contributed by atoms with Crippen LogP contribution in [0.15, 0.2) is 15.8 Å². The van der Waals surface area contributed by atoms with Gasteiger partial charge in [-0.1, -0.05) is 11.8 Å². The number of carbonyl (C=O) groups excluding carboxylic acids is 1. The second kappa shape index (κ2) is 6.53. The van der Waals surface area contributed by atoms with Gasteiger partial charge in [0.2, 0.25) is 0 Å². The Morgan fingerprint density at radius 1 is 1.44 bits per heavy atom. The lowest BCUT2D eigenvalue weighted by molar-refractivity contribution is -0.109. The van der Waals surface area contributed by atoms with Crippen LogP contribution in [0.1, 0.15) is 25.0 Å². The number of aliphatic hydroxyl groups is 2. The summed E-state index contributed by atoms with van der Waals surface area (Å²) in [5.74, 6) is 0.342. The summed E-state index contributed by atoms with van der Waals surface area (Å²) in [6.07, 6.45) is -1.36. The number of aromatic amines is 2. The summed E-state index contributed by atoms with van der Waals surface area (Å²) in [6.45, 7) is 1.40. The van der Waals surface area contributed by atoms with Crippen LogP contribution in [0.2, 0.25) is 0 Å². The highest BCUT2D eigenvalue weighted by atomic mass is 32.2. The summed E-state index contributed by atoms with van der Waals surface area (Å²) in [4.78, 5) is 37.0. The van der Waals surface area contributed by atoms with E-state index in [2.05, 4.69) is 4.98 Å². The third-order valence-electron chi connectivity index (χ3n) is 2.25. The molecule has 1 aromatic rings. The van der Waals surface area contributed by atoms with Crippen molar-refractivity contribution < 1.29 is 15.0 Å². The molecule has 0 aliphatic rings. The number of rotatable bonds is 5. The molecule has 1 heterocycles. The van der Waals surface area contributed by atoms with Gasteiger partial charge in [-0.15, -0.1) is 0 Å². The van der Waals surface area contributed by atoms with Crippen molar-refractivity contribution in [2.75, 3.05) is 5.75 Å². The molecule has 0 fully saturated rings. The molecule has 100 valence electrons. The molecule has 0 radical (unpaired) electrons. The summed E-state index contributed by atoms with van der Waals surface area (Å²) in [6, 6.07) is 0. The normalized spacial score (nSPS) is 14.2. The summed E-state index contributed by atoms with van der Waals surface area (Å²) in [7, 11) is 0. The Morgan fingerprint density at radius 2 is 2.11 bits per heavy atom. The maximum atomic E-state index is 11.4. The van der Waals surface area contributed by atoms with E-state index < -0.39 is 23.5 Å². The number of hydrogen-bond acceptors (Lipinski definition) is 6. The number of hydrogen-bond donors (Lipinski definition) is 4. The van der Waals surface area contributed by atoms with Crippen LogP contribution in [0.25, 0.3) is 0 Å². The first-order chi connectivity index (χ1) is 8.41. The van der Waals surface area contributed by atoms with Gasteiger partial charge < -0.3 is 15.2 Å². The van der Waals surface area contributed by atoms with Crippen molar-refractivity contribution in [1.29, 1.82) is 0 Å². The maximum absolute atomic E-state index is 11.4. The van der Waals surface area contributed by atoms with E-state index in [9.17, 15) is 24.6 Å². The fourth-order valence-corrected chi connectivity index (χ4v) is 1.98. The van der Waals surface area contributed by atoms with Gasteiger partial charge in [0.1, 0.15) is 6.10 Å². The molecule has 0 amide bonds. The van der Waals surface area contributed by atoms with Gasteiger partial charge in [-0.2, -0.15) is 0 Å². The molecule has 0 bridgehead atoms. The number of thioether (sulfide) groups is 1. The zero-order valence-corrected chi connectivity index (χ0v) is 10.5. The first-order valence-electron chi connectivity index (χ1n) is 5.23. The monoisotopic (exact) mass is 274 g/mol. The number of carbonyl (C=O) groups is 1. The smallest absolute Gasteiger partial charge is 0.325 e. The maximum Gasteiger partial charge on any atom is 0.325 e. The number of aromatic nitrogens is 2. The molecule has 1 aromatic heterocycles. The molecule has 7 nitrogen and oxygen atoms in total. The molecule has 0 aliphatic heterocycles. The van der Waals surface area contributed by atoms with Crippen LogP contribution in [-0.2, 0) is 4.79 Å². The van der Waals surface area contributed by atoms with Gasteiger partial charge in [0, 0.05) is 18.9 Å². The minimum absolute atomic E-state index is 0.0846. The lowest BCUT2D eigenvalue weighted by Crippen LogP contribution is -2.30. The molecular weight excluding hydrogens is 260 g/mol. The van der Waals surface area contributed by atoms with Gasteiger partial charge >= 0.3 is 5.69 Å². The third-order valence-corrected chi connectivity index (χ3v) is 3.10. The number of aliphatic hydroxyl groups excluding tert-OH is 2. The highest BCUT2D eigenvalue weighted by Gasteiger charge is 2.21. The van der Waals surface area contributed by atoms with E-state index in [0.29, 0.717) is 5.75 Å². The van der Waals surface area contributed by atoms with Gasteiger partial charge in [-0.05, 0) is 6.42 Å². The van der Waals surface area contributed by atoms with Crippen LogP contribution < -0.4 is 11.2 Å². The quantitative estimate of drug-likeness (QED) is 0.553. The Morgan fingerprint density at radius 3 is 2.67 bits per heavy atom. The zero-order valence-electron chi connectivity index (χ0n) is 9.67. The van der Waals surface area contributed by atoms with Crippen molar-refractivity contribution >= 4 is 16.9 Å². The first kappa shape index (κ1) is 14.7. The standard InChI is InChI=1S/C10H14N2O5S/c1-5(13)18-3-2-7(14)8(15)6-4-11-10(17)12-9(6)16/h4,7-8,14-15H,2-3H2,1H3,(H2,11,12,16,17). The molecule has 0 aliphatic carbocycles. The van der Waals surface area contributed by atoms with Crippen molar-refractivity contribution in [2.45, 2.75) is 25.6 Å². The van der Waals surface area contributed by atoms with Crippen molar-refractivity contribution in [2.24, 2.45) is 0 Å². The van der Waals surface area contributed by atoms with Gasteiger partial charge in [0.15, 0.2) is 5.12 Å². The second-order valence-electron chi connectivity index (χ2n) is 3.67. The second-order valence-corrected chi connectivity index (χ2v) is 4.94. The highest BCUT2D eigenvalue weighted by Crippen LogP contribution is 2.16. The van der Waals surface area contributed by atoms with E-state index in [1.54, 1.807) is 0 Å². The van der Waals surface area contributed by atoms with Gasteiger partial charge in [0.25, 0.3) is 5.56 Å². The minimum Gasteiger partial charge on any atom is -0.390 e. The molecule has 8 heteroatoms. The van der Waals surface area contributed by atoms with Crippen LogP contribution in [0.4, 0.5) is 0 Å². The van der Waals surface area contributed by atoms with Crippen LogP contribution in [-0.4, -0.2) is 37.2 Å². The Labute approximate surface area is 106 Å². The van der Waals surface area contributed by atoms with Gasteiger partial charge in [-0.25, -0.2) is 4.79 Å². The van der Waals surface area contributed by atoms with E-state index in [4.69, 9.17) is 0 Å². The third kappa shape index (κ3) is 4.13. The fraction of sp³-hybridized carbons (Fsp3) is 0.500. The van der Waals surface area contributed by atoms with E-state index in [1.807, 2.05) is 4.98 Å². The molecule has 0 saturated heterocycles. The van der Waals surface area contributed by atoms with Crippen LogP contribution in [0.3, 0.4) is 0 Å². The Bertz CT molecular complexity index is 523. The molecular formula is C10H14N2O5S. The molecule has 2 atom stereocenters. The van der Waals surface area contributed by atoms with E-state index in [1.165, 1.54) is 6.92 Å². The molecule has 2 unspecified atom stereocenters. The topological polar surface area (TPSA) is 123 Å². The summed E-state index contributed by atoms with van der Waals surface area (Å²) in [5.41, 5.74) is -1.54. The SMILES string of the molecule is CC(=O)SCCC(O)C(O)c1c[nH]c(=O)[nH]c1=O. The van der Waals surface area contributed by atoms with Crippen molar-refractivity contribution in [3.05, 3.63) is 32.6 Å². The number of nitrogens with one attached hydrogen (secondary N) is 2. The lowest BCUT2D eigenvalue weighted by Gasteiger charge is -2.16. The molecule has 0 saturated carbocycles. The molecule has 0 spiro atoms. The highest BCUT2D eigenvalue weighted by molar-refractivity contribution is 8.13. The van der Waals surface area contributed by atoms with Crippen LogP contribution in [0.5, 0.6) is 0 Å². The Kier molecular flexibility index (Phi) is 5.32. The predicted octanol–water partition coefficient (Wildman–Crippen LogP) is -0.873. The van der Waals surface area contributed by atoms with Crippen molar-refractivity contribution in [3.63, 3.8) is 0 Å². The predicted molar refractivity (Wildman–Crippen MR) is 66.4 cm³/mol. The van der Waals surface area contributed by atoms with Crippen molar-refractivity contribution in [1.82, 2.24) is 9.97 Å². The minimum atomic E-state index is -1.40. The van der Waals surface area contributed by atoms with E-state index in [0.717, 1.165) is 18.0 Å². The summed E-state index contributed by atoms with van der Waals surface area (Å²) >= 11 is 1.03. The Balaban J connectivity index is 2.68. The van der Waals surface area contributed by atoms with E-state index >= 15 is 0 Å². The first-order valence-corrected chi connectivity index (χ1v) is 6.21. The van der Waals surface area contributed by atoms with Crippen molar-refractivity contribution in [3.8, 4) is 0 Å². The molecule has 1 rings (SSSR count). The fourth-order valence-electron chi connectivity index (χ4n) is 1.33. The average molecular weight is 274 g/mol.